The smallest absolute Gasteiger partial charge is 0.455 e. The Labute approximate surface area is 370 Å². The Morgan fingerprint density at radius 1 is 0.639 bits per heavy atom. The lowest BCUT2D eigenvalue weighted by Crippen LogP contribution is -2.39. The van der Waals surface area contributed by atoms with Crippen molar-refractivity contribution in [2.45, 2.75) is 18.8 Å². The lowest BCUT2D eigenvalue weighted by molar-refractivity contribution is -0.137. The molecule has 1 aliphatic rings. The zero-order valence-electron chi connectivity index (χ0n) is 31.3. The van der Waals surface area contributed by atoms with E-state index in [9.17, 15) is 26.3 Å². The third kappa shape index (κ3) is 7.34. The van der Waals surface area contributed by atoms with Crippen LogP contribution >= 0.6 is 45.2 Å². The molecule has 1 N–H and O–H groups in total. The van der Waals surface area contributed by atoms with Gasteiger partial charge in [0.25, 0.3) is 0 Å². The summed E-state index contributed by atoms with van der Waals surface area (Å²) in [4.78, 5) is 3.51. The second-order valence-electron chi connectivity index (χ2n) is 14.3. The zero-order valence-corrected chi connectivity index (χ0v) is 35.6. The molecule has 0 radical (unpaired) electrons. The maximum Gasteiger partial charge on any atom is 0.678 e. The Hall–Kier alpha value is -5.36. The maximum absolute atomic E-state index is 16.4. The van der Waals surface area contributed by atoms with Gasteiger partial charge in [-0.2, -0.15) is 26.3 Å². The first-order valence-electron chi connectivity index (χ1n) is 18.7. The van der Waals surface area contributed by atoms with E-state index in [-0.39, 0.29) is 28.3 Å². The van der Waals surface area contributed by atoms with Crippen LogP contribution in [0.25, 0.3) is 66.6 Å². The molecule has 3 aromatic heterocycles. The number of allylic oxidation sites excluding steroid dienone is 4. The zero-order chi connectivity index (χ0) is 42.8. The first-order valence-corrected chi connectivity index (χ1v) is 20.9. The van der Waals surface area contributed by atoms with Crippen LogP contribution in [0.4, 0.5) is 35.0 Å². The summed E-state index contributed by atoms with van der Waals surface area (Å²) in [6.07, 6.45) is -6.34. The number of halogens is 10. The average molecular weight is 1050 g/mol. The number of benzene rings is 5. The minimum absolute atomic E-state index is 0.0398. The Kier molecular flexibility index (Phi) is 10.7. The van der Waals surface area contributed by atoms with Gasteiger partial charge in [0.15, 0.2) is 0 Å². The molecule has 0 atom stereocenters. The molecule has 14 heteroatoms. The number of hydrogen-bond acceptors (Lipinski definition) is 1. The molecule has 3 nitrogen and oxygen atoms in total. The molecule has 3 heterocycles. The van der Waals surface area contributed by atoms with E-state index >= 15 is 8.63 Å². The molecule has 0 aliphatic heterocycles. The minimum atomic E-state index is -4.63. The number of alkyl halides is 6. The molecule has 0 amide bonds. The molecule has 0 bridgehead atoms. The first-order chi connectivity index (χ1) is 29.2. The summed E-state index contributed by atoms with van der Waals surface area (Å²) >= 11 is 4.14. The van der Waals surface area contributed by atoms with Crippen molar-refractivity contribution in [3.05, 3.63) is 186 Å². The van der Waals surface area contributed by atoms with Gasteiger partial charge in [-0.15, -0.1) is 0 Å². The number of furan rings is 1. The van der Waals surface area contributed by atoms with Gasteiger partial charge >= 0.3 is 19.8 Å². The van der Waals surface area contributed by atoms with Crippen molar-refractivity contribution in [3.63, 3.8) is 0 Å². The van der Waals surface area contributed by atoms with Crippen molar-refractivity contribution in [3.8, 4) is 33.5 Å². The van der Waals surface area contributed by atoms with Crippen LogP contribution in [0.5, 0.6) is 0 Å². The van der Waals surface area contributed by atoms with Crippen molar-refractivity contribution < 1.29 is 39.4 Å². The summed E-state index contributed by atoms with van der Waals surface area (Å²) in [7, 11) is -3.21. The van der Waals surface area contributed by atoms with Crippen LogP contribution < -0.4 is 10.7 Å². The topological polar surface area (TPSA) is 33.9 Å². The summed E-state index contributed by atoms with van der Waals surface area (Å²) < 4.78 is 124. The van der Waals surface area contributed by atoms with Crippen LogP contribution in [-0.4, -0.2) is 23.0 Å². The van der Waals surface area contributed by atoms with Gasteiger partial charge in [0.05, 0.1) is 33.2 Å². The summed E-state index contributed by atoms with van der Waals surface area (Å²) in [5, 5.41) is 1.58. The number of hydrogen-bond donors (Lipinski definition) is 1. The van der Waals surface area contributed by atoms with E-state index in [1.807, 2.05) is 83.3 Å². The second kappa shape index (κ2) is 15.8. The third-order valence-corrected chi connectivity index (χ3v) is 12.8. The van der Waals surface area contributed by atoms with E-state index in [1.54, 1.807) is 42.5 Å². The summed E-state index contributed by atoms with van der Waals surface area (Å²) in [6, 6.07) is 35.7. The van der Waals surface area contributed by atoms with E-state index in [0.717, 1.165) is 34.1 Å². The summed E-state index contributed by atoms with van der Waals surface area (Å²) in [6.45, 7) is 0. The second-order valence-corrected chi connectivity index (χ2v) is 16.4. The van der Waals surface area contributed by atoms with Crippen LogP contribution in [-0.2, 0) is 6.18 Å². The number of para-hydroxylation sites is 2. The van der Waals surface area contributed by atoms with Gasteiger partial charge in [-0.25, -0.2) is 0 Å². The highest BCUT2D eigenvalue weighted by Gasteiger charge is 2.35. The van der Waals surface area contributed by atoms with E-state index in [0.29, 0.717) is 68.5 Å². The van der Waals surface area contributed by atoms with Gasteiger partial charge < -0.3 is 13.9 Å². The van der Waals surface area contributed by atoms with Crippen LogP contribution in [0.3, 0.4) is 0 Å². The standard InChI is InChI=1S/C47H27BF8I2N2O/c49-46(50,51)30-22-18-28(19-23-30)41-39(57)36(26-10-3-1-4-11-26)42(59-41)38(34-16-9-15-33-32-14-7-8-17-35(32)61-45(33)34)44-37(27-12-5-2-6-13-27)40(58)43(60(44)48(55)56)29-20-24-31(25-21-29)47(52,53)54/h1-20,22-25,59H,21H2/b43-29?,44-38-. The fraction of sp³-hybridized carbons (Fsp3) is 0.0638. The minimum Gasteiger partial charge on any atom is -0.455 e. The number of nitrogens with one attached hydrogen (secondary N) is 1. The molecule has 8 aromatic rings. The molecule has 0 spiro atoms. The van der Waals surface area contributed by atoms with E-state index in [4.69, 9.17) is 4.42 Å². The lowest BCUT2D eigenvalue weighted by Gasteiger charge is -2.15. The van der Waals surface area contributed by atoms with Gasteiger partial charge in [0.2, 0.25) is 0 Å². The molecular formula is C47H27BF8I2N2O. The molecule has 5 aromatic carbocycles. The van der Waals surface area contributed by atoms with Gasteiger partial charge in [-0.3, -0.25) is 8.63 Å². The SMILES string of the molecule is FB(F)n1c(=C2C=CC(C(F)(F)F)=CC2)c(I)c(-c2ccccc2)/c1=C(/c1[nH]c(-c2ccc(C(F)(F)F)cc2)c(I)c1-c1ccccc1)c1cccc2c1oc1ccccc12. The Balaban J connectivity index is 1.52. The van der Waals surface area contributed by atoms with Gasteiger partial charge in [-0.05, 0) is 98.1 Å². The van der Waals surface area contributed by atoms with Crippen molar-refractivity contribution in [1.82, 2.24) is 9.46 Å². The van der Waals surface area contributed by atoms with E-state index < -0.39 is 30.9 Å². The Bertz CT molecular complexity index is 3180. The van der Waals surface area contributed by atoms with E-state index in [1.165, 1.54) is 18.2 Å². The summed E-state index contributed by atoms with van der Waals surface area (Å²) in [5.41, 5.74) is 3.62. The highest BCUT2D eigenvalue weighted by molar-refractivity contribution is 14.1. The largest absolute Gasteiger partial charge is 0.678 e. The van der Waals surface area contributed by atoms with Crippen LogP contribution in [0, 0.1) is 7.14 Å². The molecule has 304 valence electrons. The number of aromatic amines is 1. The van der Waals surface area contributed by atoms with Crippen molar-refractivity contribution in [2.24, 2.45) is 0 Å². The molecule has 1 aliphatic carbocycles. The molecule has 0 saturated carbocycles. The number of fused-ring (bicyclic) bond motifs is 3. The molecule has 61 heavy (non-hydrogen) atoms. The van der Waals surface area contributed by atoms with Crippen LogP contribution in [0.2, 0.25) is 0 Å². The third-order valence-electron chi connectivity index (χ3n) is 10.7. The number of aromatic nitrogens is 2. The van der Waals surface area contributed by atoms with Gasteiger partial charge in [-0.1, -0.05) is 121 Å². The number of nitrogens with zero attached hydrogens (tertiary/aromatic N) is 1. The fourth-order valence-corrected chi connectivity index (χ4v) is 10.2. The number of H-pyrrole nitrogens is 1. The monoisotopic (exact) mass is 1050 g/mol. The lowest BCUT2D eigenvalue weighted by atomic mass is 9.92. The van der Waals surface area contributed by atoms with Crippen LogP contribution in [0.15, 0.2) is 156 Å². The first kappa shape index (κ1) is 41.0. The molecule has 9 rings (SSSR count). The predicted molar refractivity (Wildman–Crippen MR) is 241 cm³/mol. The maximum atomic E-state index is 16.4. The number of rotatable bonds is 6. The van der Waals surface area contributed by atoms with Crippen molar-refractivity contribution in [2.75, 3.05) is 0 Å². The molecule has 0 saturated heterocycles. The molecule has 0 unspecified atom stereocenters. The normalized spacial score (nSPS) is 14.8. The Morgan fingerprint density at radius 2 is 1.26 bits per heavy atom. The Morgan fingerprint density at radius 3 is 1.87 bits per heavy atom. The highest BCUT2D eigenvalue weighted by atomic mass is 127. The van der Waals surface area contributed by atoms with Gasteiger partial charge in [0.1, 0.15) is 11.2 Å². The fourth-order valence-electron chi connectivity index (χ4n) is 7.99. The predicted octanol–water partition coefficient (Wildman–Crippen LogP) is 13.6. The quantitative estimate of drug-likeness (QED) is 0.100. The molecule has 0 fully saturated rings. The van der Waals surface area contributed by atoms with Crippen LogP contribution in [0.1, 0.15) is 23.2 Å². The summed E-state index contributed by atoms with van der Waals surface area (Å²) in [5.74, 6) is 0. The van der Waals surface area contributed by atoms with Crippen molar-refractivity contribution >= 4 is 85.7 Å². The van der Waals surface area contributed by atoms with Gasteiger partial charge in [0, 0.05) is 40.2 Å². The van der Waals surface area contributed by atoms with E-state index in [2.05, 4.69) is 27.6 Å². The average Bonchev–Trinajstić information content (AvgIpc) is 3.90. The molecular weight excluding hydrogens is 1030 g/mol. The highest BCUT2D eigenvalue weighted by Crippen LogP contribution is 2.44. The van der Waals surface area contributed by atoms with Crippen molar-refractivity contribution in [1.29, 1.82) is 0 Å².